The molecule has 224 valence electrons. The Hall–Kier alpha value is -4.03. The van der Waals surface area contributed by atoms with E-state index >= 15 is 0 Å². The topological polar surface area (TPSA) is 123 Å². The molecule has 43 heavy (non-hydrogen) atoms. The number of amides is 2. The molecule has 0 spiro atoms. The zero-order chi connectivity index (χ0) is 30.7. The molecule has 0 aliphatic carbocycles. The Morgan fingerprint density at radius 2 is 1.67 bits per heavy atom. The van der Waals surface area contributed by atoms with Gasteiger partial charge < -0.3 is 14.8 Å². The number of thioether (sulfide) groups is 1. The zero-order valence-corrected chi connectivity index (χ0v) is 26.1. The number of nitrogens with one attached hydrogen (secondary N) is 1. The Bertz CT molecular complexity index is 1510. The van der Waals surface area contributed by atoms with Crippen LogP contribution in [0.15, 0.2) is 82.8 Å². The molecule has 3 heterocycles. The van der Waals surface area contributed by atoms with Crippen molar-refractivity contribution in [2.24, 2.45) is 10.2 Å². The van der Waals surface area contributed by atoms with Crippen molar-refractivity contribution in [3.63, 3.8) is 0 Å². The van der Waals surface area contributed by atoms with Gasteiger partial charge in [0.15, 0.2) is 6.10 Å². The van der Waals surface area contributed by atoms with Gasteiger partial charge in [-0.15, -0.1) is 16.9 Å². The number of aromatic nitrogens is 1. The maximum absolute atomic E-state index is 14.2. The molecule has 1 N–H and O–H groups in total. The minimum Gasteiger partial charge on any atom is -0.448 e. The smallest absolute Gasteiger partial charge is 0.408 e. The predicted octanol–water partition coefficient (Wildman–Crippen LogP) is 6.49. The number of alkyl carbamates (subject to hydrolysis) is 1. The third-order valence-corrected chi connectivity index (χ3v) is 8.65. The number of thiazole rings is 1. The molecule has 0 radical (unpaired) electrons. The fraction of sp³-hybridized carbons (Fsp3) is 0.355. The lowest BCUT2D eigenvalue weighted by molar-refractivity contribution is -0.153. The van der Waals surface area contributed by atoms with Crippen LogP contribution in [0, 0.1) is 0 Å². The molecule has 0 bridgehead atoms. The number of hydrogen-bond acceptors (Lipinski definition) is 10. The highest BCUT2D eigenvalue weighted by Crippen LogP contribution is 2.46. The van der Waals surface area contributed by atoms with Gasteiger partial charge in [0.05, 0.1) is 10.9 Å². The lowest BCUT2D eigenvalue weighted by atomic mass is 10.0. The Balaban J connectivity index is 1.50. The second kappa shape index (κ2) is 12.7. The van der Waals surface area contributed by atoms with E-state index in [1.807, 2.05) is 74.5 Å². The van der Waals surface area contributed by atoms with Crippen LogP contribution >= 0.6 is 23.1 Å². The van der Waals surface area contributed by atoms with Crippen LogP contribution in [0.5, 0.6) is 0 Å². The van der Waals surface area contributed by atoms with Crippen LogP contribution in [0.3, 0.4) is 0 Å². The van der Waals surface area contributed by atoms with Gasteiger partial charge in [0, 0.05) is 17.5 Å². The van der Waals surface area contributed by atoms with Gasteiger partial charge >= 0.3 is 12.1 Å². The molecule has 1 fully saturated rings. The summed E-state index contributed by atoms with van der Waals surface area (Å²) in [6, 6.07) is 18.0. The molecule has 3 aromatic rings. The van der Waals surface area contributed by atoms with Crippen molar-refractivity contribution in [2.45, 2.75) is 63.8 Å². The average molecular weight is 620 g/mol. The summed E-state index contributed by atoms with van der Waals surface area (Å²) in [7, 11) is 0. The first-order valence-electron chi connectivity index (χ1n) is 13.9. The third-order valence-electron chi connectivity index (χ3n) is 6.43. The highest BCUT2D eigenvalue weighted by atomic mass is 32.2. The predicted molar refractivity (Wildman–Crippen MR) is 166 cm³/mol. The molecular formula is C31H33N5O5S2. The molecule has 10 nitrogen and oxygen atoms in total. The zero-order valence-electron chi connectivity index (χ0n) is 24.5. The number of hydrogen-bond donors (Lipinski definition) is 1. The minimum atomic E-state index is -0.847. The number of esters is 1. The Morgan fingerprint density at radius 1 is 1.05 bits per heavy atom. The van der Waals surface area contributed by atoms with Crippen LogP contribution < -0.4 is 5.32 Å². The second-order valence-corrected chi connectivity index (χ2v) is 13.4. The summed E-state index contributed by atoms with van der Waals surface area (Å²) in [5, 5.41) is 11.0. The summed E-state index contributed by atoms with van der Waals surface area (Å²) in [5.74, 6) is -0.691. The number of fused-ring (bicyclic) bond motifs is 1. The summed E-state index contributed by atoms with van der Waals surface area (Å²) < 4.78 is 11.6. The summed E-state index contributed by atoms with van der Waals surface area (Å²) in [6.45, 7) is 9.08. The first-order chi connectivity index (χ1) is 20.5. The van der Waals surface area contributed by atoms with Gasteiger partial charge in [-0.25, -0.2) is 14.6 Å². The molecule has 2 atom stereocenters. The quantitative estimate of drug-likeness (QED) is 0.174. The van der Waals surface area contributed by atoms with Gasteiger partial charge in [-0.2, -0.15) is 5.11 Å². The van der Waals surface area contributed by atoms with E-state index in [-0.39, 0.29) is 11.7 Å². The number of azo groups is 1. The fourth-order valence-electron chi connectivity index (χ4n) is 4.59. The van der Waals surface area contributed by atoms with E-state index < -0.39 is 41.1 Å². The number of rotatable bonds is 8. The molecule has 1 aromatic heterocycles. The van der Waals surface area contributed by atoms with E-state index in [1.165, 1.54) is 28.0 Å². The maximum Gasteiger partial charge on any atom is 0.408 e. The number of nitrogens with zero attached hydrogens (tertiary/aromatic N) is 4. The van der Waals surface area contributed by atoms with Crippen molar-refractivity contribution in [2.75, 3.05) is 5.75 Å². The first kappa shape index (κ1) is 30.4. The normalized spacial score (nSPS) is 18.6. The standard InChI is InChI=1S/C31H33N5O5S2/c1-18(2)34-35-29-32-16-22(43-29)21-17-42-27-23(33-30(39)41-31(3,4)5)26(37)36(27)24(21)28(38)40-25(19-12-8-6-9-13-19)20-14-10-7-11-15-20/h6-16,18,23,25,27H,17H2,1-5H3,(H,33,39). The van der Waals surface area contributed by atoms with Gasteiger partial charge in [-0.3, -0.25) is 9.69 Å². The summed E-state index contributed by atoms with van der Waals surface area (Å²) >= 11 is 2.72. The van der Waals surface area contributed by atoms with Crippen molar-refractivity contribution in [3.05, 3.63) is 88.6 Å². The molecule has 2 amide bonds. The summed E-state index contributed by atoms with van der Waals surface area (Å²) in [4.78, 5) is 46.7. The van der Waals surface area contributed by atoms with Crippen molar-refractivity contribution < 1.29 is 23.9 Å². The Morgan fingerprint density at radius 3 is 2.26 bits per heavy atom. The highest BCUT2D eigenvalue weighted by Gasteiger charge is 2.55. The van der Waals surface area contributed by atoms with E-state index in [1.54, 1.807) is 27.0 Å². The molecule has 2 aromatic carbocycles. The number of carbonyl (C=O) groups is 3. The largest absolute Gasteiger partial charge is 0.448 e. The van der Waals surface area contributed by atoms with Crippen LogP contribution in [-0.2, 0) is 19.1 Å². The highest BCUT2D eigenvalue weighted by molar-refractivity contribution is 8.00. The van der Waals surface area contributed by atoms with Crippen LogP contribution in [0.2, 0.25) is 0 Å². The minimum absolute atomic E-state index is 0.00382. The Kier molecular flexibility index (Phi) is 8.97. The molecule has 2 aliphatic rings. The van der Waals surface area contributed by atoms with E-state index in [2.05, 4.69) is 20.5 Å². The third kappa shape index (κ3) is 6.97. The van der Waals surface area contributed by atoms with Gasteiger partial charge in [0.2, 0.25) is 5.13 Å². The monoisotopic (exact) mass is 619 g/mol. The SMILES string of the molecule is CC(C)N=Nc1ncc(C2=C(C(=O)OC(c3ccccc3)c3ccccc3)N3C(=O)C(NC(=O)OC(C)(C)C)C3SC2)s1. The molecule has 1 saturated heterocycles. The molecule has 2 aliphatic heterocycles. The molecule has 12 heteroatoms. The van der Waals surface area contributed by atoms with Crippen molar-refractivity contribution >= 4 is 51.8 Å². The van der Waals surface area contributed by atoms with Crippen LogP contribution in [0.25, 0.3) is 5.57 Å². The molecular weight excluding hydrogens is 587 g/mol. The van der Waals surface area contributed by atoms with Gasteiger partial charge in [0.1, 0.15) is 22.7 Å². The van der Waals surface area contributed by atoms with Crippen molar-refractivity contribution in [3.8, 4) is 0 Å². The number of β-lactam (4-membered cyclic amide) rings is 1. The Labute approximate surface area is 258 Å². The van der Waals surface area contributed by atoms with Gasteiger partial charge in [-0.05, 0) is 45.7 Å². The number of carbonyl (C=O) groups excluding carboxylic acids is 3. The van der Waals surface area contributed by atoms with Crippen LogP contribution in [0.4, 0.5) is 9.93 Å². The average Bonchev–Trinajstić information content (AvgIpc) is 3.45. The van der Waals surface area contributed by atoms with Crippen molar-refractivity contribution in [1.82, 2.24) is 15.2 Å². The maximum atomic E-state index is 14.2. The first-order valence-corrected chi connectivity index (χ1v) is 15.7. The number of benzene rings is 2. The summed E-state index contributed by atoms with van der Waals surface area (Å²) in [5.41, 5.74) is 1.60. The van der Waals surface area contributed by atoms with Crippen LogP contribution in [0.1, 0.15) is 56.7 Å². The van der Waals surface area contributed by atoms with Crippen LogP contribution in [-0.4, -0.2) is 56.7 Å². The van der Waals surface area contributed by atoms with Gasteiger partial charge in [-0.1, -0.05) is 72.0 Å². The molecule has 5 rings (SSSR count). The van der Waals surface area contributed by atoms with E-state index in [0.717, 1.165) is 11.1 Å². The number of ether oxygens (including phenoxy) is 2. The fourth-order valence-corrected chi connectivity index (χ4v) is 6.84. The second-order valence-electron chi connectivity index (χ2n) is 11.3. The van der Waals surface area contributed by atoms with E-state index in [4.69, 9.17) is 9.47 Å². The lowest BCUT2D eigenvalue weighted by Crippen LogP contribution is -2.70. The van der Waals surface area contributed by atoms with E-state index in [9.17, 15) is 14.4 Å². The molecule has 2 unspecified atom stereocenters. The summed E-state index contributed by atoms with van der Waals surface area (Å²) in [6.07, 6.45) is 0.233. The van der Waals surface area contributed by atoms with Crippen molar-refractivity contribution in [1.29, 1.82) is 0 Å². The van der Waals surface area contributed by atoms with Gasteiger partial charge in [0.25, 0.3) is 5.91 Å². The lowest BCUT2D eigenvalue weighted by Gasteiger charge is -2.49. The van der Waals surface area contributed by atoms with E-state index in [0.29, 0.717) is 21.3 Å². The molecule has 0 saturated carbocycles.